The van der Waals surface area contributed by atoms with Crippen molar-refractivity contribution in [1.29, 1.82) is 0 Å². The number of para-hydroxylation sites is 1. The summed E-state index contributed by atoms with van der Waals surface area (Å²) in [5.41, 5.74) is 0.945. The normalized spacial score (nSPS) is 15.9. The number of nitrogens with zero attached hydrogens (tertiary/aromatic N) is 8. The van der Waals surface area contributed by atoms with Gasteiger partial charge in [0, 0.05) is 12.5 Å². The predicted octanol–water partition coefficient (Wildman–Crippen LogP) is 1.66. The van der Waals surface area contributed by atoms with Gasteiger partial charge >= 0.3 is 0 Å². The first-order chi connectivity index (χ1) is 13.1. The Morgan fingerprint density at radius 2 is 1.89 bits per heavy atom. The molecule has 1 aromatic carbocycles. The maximum atomic E-state index is 8.36. The average molecular weight is 370 g/mol. The van der Waals surface area contributed by atoms with Gasteiger partial charge < -0.3 is 14.6 Å². The Labute approximate surface area is 156 Å². The van der Waals surface area contributed by atoms with E-state index < -0.39 is 0 Å². The number of hydrogen-bond acceptors (Lipinski definition) is 7. The van der Waals surface area contributed by atoms with Crippen LogP contribution in [0.15, 0.2) is 30.3 Å². The van der Waals surface area contributed by atoms with Gasteiger partial charge in [-0.3, -0.25) is 4.79 Å². The minimum Gasteiger partial charge on any atom is -0.483 e. The first-order valence-corrected chi connectivity index (χ1v) is 8.67. The van der Waals surface area contributed by atoms with Gasteiger partial charge in [-0.05, 0) is 29.5 Å². The molecule has 0 amide bonds. The molecule has 0 spiro atoms. The second kappa shape index (κ2) is 7.94. The Morgan fingerprint density at radius 3 is 2.56 bits per heavy atom. The van der Waals surface area contributed by atoms with Crippen molar-refractivity contribution in [2.24, 2.45) is 0 Å². The summed E-state index contributed by atoms with van der Waals surface area (Å²) in [6.45, 7) is 7.69. The molecule has 0 saturated heterocycles. The molecule has 10 heteroatoms. The van der Waals surface area contributed by atoms with Crippen molar-refractivity contribution in [2.75, 3.05) is 11.4 Å². The summed E-state index contributed by atoms with van der Waals surface area (Å²) in [5, 5.41) is 27.9. The number of hydrogen-bond donors (Lipinski definition) is 1. The second-order valence-electron chi connectivity index (χ2n) is 6.56. The number of benzene rings is 1. The van der Waals surface area contributed by atoms with E-state index in [4.69, 9.17) is 9.90 Å². The molecule has 1 atom stereocenters. The molecule has 27 heavy (non-hydrogen) atoms. The van der Waals surface area contributed by atoms with E-state index in [2.05, 4.69) is 56.0 Å². The lowest BCUT2D eigenvalue weighted by Gasteiger charge is -2.33. The van der Waals surface area contributed by atoms with Crippen LogP contribution in [0.2, 0.25) is 0 Å². The van der Waals surface area contributed by atoms with E-state index in [1.807, 2.05) is 30.3 Å². The zero-order valence-electron chi connectivity index (χ0n) is 15.5. The zero-order chi connectivity index (χ0) is 19.4. The van der Waals surface area contributed by atoms with Gasteiger partial charge in [-0.1, -0.05) is 37.1 Å². The summed E-state index contributed by atoms with van der Waals surface area (Å²) >= 11 is 0. The molecule has 4 rings (SSSR count). The van der Waals surface area contributed by atoms with Crippen molar-refractivity contribution in [1.82, 2.24) is 35.0 Å². The quantitative estimate of drug-likeness (QED) is 0.692. The van der Waals surface area contributed by atoms with Crippen LogP contribution in [0.4, 0.5) is 5.95 Å². The van der Waals surface area contributed by atoms with E-state index >= 15 is 0 Å². The lowest BCUT2D eigenvalue weighted by Crippen LogP contribution is -2.38. The Bertz CT molecular complexity index is 889. The molecule has 3 heterocycles. The van der Waals surface area contributed by atoms with Crippen LogP contribution in [-0.4, -0.2) is 53.1 Å². The minimum atomic E-state index is -0.250. The summed E-state index contributed by atoms with van der Waals surface area (Å²) < 4.78 is 4.01. The van der Waals surface area contributed by atoms with Crippen molar-refractivity contribution >= 4 is 12.4 Å². The van der Waals surface area contributed by atoms with Crippen LogP contribution >= 0.6 is 0 Å². The molecule has 3 aromatic rings. The monoisotopic (exact) mass is 370 g/mol. The van der Waals surface area contributed by atoms with Gasteiger partial charge in [0.15, 0.2) is 5.82 Å². The van der Waals surface area contributed by atoms with Crippen LogP contribution in [0.5, 0.6) is 0 Å². The van der Waals surface area contributed by atoms with Crippen LogP contribution in [0.25, 0.3) is 5.69 Å². The molecule has 0 aliphatic carbocycles. The molecule has 0 fully saturated rings. The van der Waals surface area contributed by atoms with Gasteiger partial charge in [-0.2, -0.15) is 4.68 Å². The third-order valence-electron chi connectivity index (χ3n) is 4.30. The first kappa shape index (κ1) is 18.5. The van der Waals surface area contributed by atoms with Gasteiger partial charge in [-0.25, -0.2) is 0 Å². The highest BCUT2D eigenvalue weighted by Gasteiger charge is 2.30. The Balaban J connectivity index is 0.000000659. The van der Waals surface area contributed by atoms with Gasteiger partial charge in [0.2, 0.25) is 0 Å². The first-order valence-electron chi connectivity index (χ1n) is 8.67. The standard InChI is InChI=1S/C16H20N8.CH2O2/c1-11(2)15-18-17-14-10-22(9-12(3)23(14)15)16-19-20-21-24(16)13-7-5-4-6-8-13;2-1-3/h4-8,11-12H,9-10H2,1-3H3;1H,(H,2,3)/t12-;/m0./s1. The Hall–Kier alpha value is -3.30. The SMILES string of the molecule is CC(C)c1nnc2n1[C@@H](C)CN(c1nnnn1-c1ccccc1)C2.O=CO. The molecular formula is C17H22N8O2. The third-order valence-corrected chi connectivity index (χ3v) is 4.30. The van der Waals surface area contributed by atoms with E-state index in [0.717, 1.165) is 29.8 Å². The average Bonchev–Trinajstić information content (AvgIpc) is 3.30. The Morgan fingerprint density at radius 1 is 1.19 bits per heavy atom. The summed E-state index contributed by atoms with van der Waals surface area (Å²) in [6, 6.07) is 10.2. The molecule has 2 aromatic heterocycles. The number of aromatic nitrogens is 7. The fourth-order valence-corrected chi connectivity index (χ4v) is 3.22. The highest BCUT2D eigenvalue weighted by Crippen LogP contribution is 2.28. The van der Waals surface area contributed by atoms with Crippen LogP contribution in [-0.2, 0) is 11.3 Å². The molecule has 0 radical (unpaired) electrons. The maximum Gasteiger partial charge on any atom is 0.290 e. The minimum absolute atomic E-state index is 0.250. The van der Waals surface area contributed by atoms with E-state index in [9.17, 15) is 0 Å². The zero-order valence-corrected chi connectivity index (χ0v) is 15.5. The highest BCUT2D eigenvalue weighted by molar-refractivity contribution is 5.41. The van der Waals surface area contributed by atoms with E-state index in [1.165, 1.54) is 0 Å². The molecule has 0 bridgehead atoms. The lowest BCUT2D eigenvalue weighted by atomic mass is 10.1. The van der Waals surface area contributed by atoms with Crippen LogP contribution in [0, 0.1) is 0 Å². The predicted molar refractivity (Wildman–Crippen MR) is 97.7 cm³/mol. The molecule has 142 valence electrons. The molecular weight excluding hydrogens is 348 g/mol. The lowest BCUT2D eigenvalue weighted by molar-refractivity contribution is -0.122. The van der Waals surface area contributed by atoms with Crippen molar-refractivity contribution in [2.45, 2.75) is 39.3 Å². The van der Waals surface area contributed by atoms with Crippen molar-refractivity contribution in [3.8, 4) is 5.69 Å². The number of carbonyl (C=O) groups is 1. The molecule has 1 aliphatic heterocycles. The summed E-state index contributed by atoms with van der Waals surface area (Å²) in [4.78, 5) is 10.5. The summed E-state index contributed by atoms with van der Waals surface area (Å²) in [5.74, 6) is 3.09. The molecule has 10 nitrogen and oxygen atoms in total. The number of tetrazole rings is 1. The summed E-state index contributed by atoms with van der Waals surface area (Å²) in [7, 11) is 0. The molecule has 1 N–H and O–H groups in total. The van der Waals surface area contributed by atoms with Crippen molar-refractivity contribution in [3.63, 3.8) is 0 Å². The van der Waals surface area contributed by atoms with Crippen molar-refractivity contribution < 1.29 is 9.90 Å². The largest absolute Gasteiger partial charge is 0.483 e. The molecule has 0 saturated carbocycles. The second-order valence-corrected chi connectivity index (χ2v) is 6.56. The van der Waals surface area contributed by atoms with E-state index in [-0.39, 0.29) is 12.5 Å². The molecule has 0 unspecified atom stereocenters. The van der Waals surface area contributed by atoms with Gasteiger partial charge in [0.05, 0.1) is 18.3 Å². The number of carboxylic acid groups (broad SMARTS) is 1. The number of anilines is 1. The Kier molecular flexibility index (Phi) is 5.43. The van der Waals surface area contributed by atoms with Crippen LogP contribution < -0.4 is 4.90 Å². The highest BCUT2D eigenvalue weighted by atomic mass is 16.3. The van der Waals surface area contributed by atoms with Gasteiger partial charge in [0.25, 0.3) is 12.4 Å². The van der Waals surface area contributed by atoms with Crippen LogP contribution in [0.1, 0.15) is 44.4 Å². The molecule has 1 aliphatic rings. The third kappa shape index (κ3) is 3.64. The smallest absolute Gasteiger partial charge is 0.290 e. The van der Waals surface area contributed by atoms with E-state index in [1.54, 1.807) is 4.68 Å². The number of rotatable bonds is 3. The number of fused-ring (bicyclic) bond motifs is 1. The maximum absolute atomic E-state index is 8.36. The fourth-order valence-electron chi connectivity index (χ4n) is 3.22. The van der Waals surface area contributed by atoms with Crippen LogP contribution in [0.3, 0.4) is 0 Å². The fraction of sp³-hybridized carbons (Fsp3) is 0.412. The van der Waals surface area contributed by atoms with Gasteiger partial charge in [0.1, 0.15) is 5.82 Å². The van der Waals surface area contributed by atoms with E-state index in [0.29, 0.717) is 12.5 Å². The van der Waals surface area contributed by atoms with Gasteiger partial charge in [-0.15, -0.1) is 10.2 Å². The topological polar surface area (TPSA) is 115 Å². The summed E-state index contributed by atoms with van der Waals surface area (Å²) in [6.07, 6.45) is 0. The van der Waals surface area contributed by atoms with Crippen molar-refractivity contribution in [3.05, 3.63) is 42.0 Å².